The molecule has 0 fully saturated rings. The molecule has 0 saturated heterocycles. The first-order chi connectivity index (χ1) is 42.6. The summed E-state index contributed by atoms with van der Waals surface area (Å²) in [4.78, 5) is 15.5. The summed E-state index contributed by atoms with van der Waals surface area (Å²) >= 11 is 0. The quantitative estimate of drug-likeness (QED) is 0.122. The molecule has 3 heterocycles. The van der Waals surface area contributed by atoms with Crippen molar-refractivity contribution in [1.82, 2.24) is 19.1 Å². The van der Waals surface area contributed by atoms with Crippen LogP contribution in [0, 0.1) is 0 Å². The van der Waals surface area contributed by atoms with Crippen LogP contribution >= 0.6 is 0 Å². The highest BCUT2D eigenvalue weighted by atomic mass is 15.1. The zero-order valence-corrected chi connectivity index (χ0v) is 47.1. The van der Waals surface area contributed by atoms with Crippen LogP contribution in [0.3, 0.4) is 0 Å². The summed E-state index contributed by atoms with van der Waals surface area (Å²) in [6, 6.07) is 109. The Bertz CT molecular complexity index is 5050. The maximum Gasteiger partial charge on any atom is 0.0973 e. The molecule has 1 aliphatic rings. The van der Waals surface area contributed by atoms with E-state index in [-0.39, 0.29) is 6.04 Å². The molecule has 0 saturated carbocycles. The van der Waals surface area contributed by atoms with Gasteiger partial charge in [0.15, 0.2) is 0 Å². The predicted molar refractivity (Wildman–Crippen MR) is 360 cm³/mol. The Morgan fingerprint density at radius 3 is 1.26 bits per heavy atom. The third kappa shape index (κ3) is 9.00. The lowest BCUT2D eigenvalue weighted by atomic mass is 9.97. The molecule has 12 aromatic carbocycles. The highest BCUT2D eigenvalue weighted by molar-refractivity contribution is 6.12. The average Bonchev–Trinajstić information content (AvgIpc) is 1.84. The van der Waals surface area contributed by atoms with Crippen molar-refractivity contribution in [2.45, 2.75) is 12.5 Å². The van der Waals surface area contributed by atoms with E-state index in [2.05, 4.69) is 316 Å². The minimum absolute atomic E-state index is 0.191. The van der Waals surface area contributed by atoms with E-state index in [0.717, 1.165) is 85.3 Å². The molecule has 0 amide bonds. The maximum absolute atomic E-state index is 5.39. The van der Waals surface area contributed by atoms with E-state index < -0.39 is 0 Å². The Labute approximate surface area is 499 Å². The molecular formula is C80H56N6. The van der Waals surface area contributed by atoms with E-state index in [1.54, 1.807) is 0 Å². The van der Waals surface area contributed by atoms with E-state index in [4.69, 9.17) is 9.97 Å². The molecule has 0 spiro atoms. The Morgan fingerprint density at radius 1 is 0.314 bits per heavy atom. The Balaban J connectivity index is 0.747. The Kier molecular flexibility index (Phi) is 12.6. The van der Waals surface area contributed by atoms with Crippen molar-refractivity contribution in [2.24, 2.45) is 0 Å². The topological polar surface area (TPSA) is 42.1 Å². The lowest BCUT2D eigenvalue weighted by Gasteiger charge is -2.26. The van der Waals surface area contributed by atoms with Crippen molar-refractivity contribution < 1.29 is 0 Å². The van der Waals surface area contributed by atoms with E-state index in [1.165, 1.54) is 60.4 Å². The SMILES string of the molecule is C1=CC(n2c3ccccc3c3cc(N(c4ccccc4)c4ccc(-c5nc6ccccc6nc5-c5ccc(N(c6ccccc6)c6ccc7c(c6)c6ccccc6n7-c6ccc(-c7ccccc7)cc6)cc5)cc4)ccc32)CC=C1c1ccccc1. The highest BCUT2D eigenvalue weighted by Crippen LogP contribution is 2.44. The van der Waals surface area contributed by atoms with Crippen molar-refractivity contribution in [1.29, 1.82) is 0 Å². The van der Waals surface area contributed by atoms with Crippen LogP contribution in [-0.4, -0.2) is 19.1 Å². The third-order valence-corrected chi connectivity index (χ3v) is 17.0. The first kappa shape index (κ1) is 50.4. The Morgan fingerprint density at radius 2 is 0.709 bits per heavy atom. The number of aromatic nitrogens is 4. The van der Waals surface area contributed by atoms with E-state index in [9.17, 15) is 0 Å². The number of hydrogen-bond donors (Lipinski definition) is 0. The van der Waals surface area contributed by atoms with Crippen LogP contribution in [0.15, 0.2) is 322 Å². The number of hydrogen-bond acceptors (Lipinski definition) is 4. The van der Waals surface area contributed by atoms with Crippen molar-refractivity contribution in [3.8, 4) is 39.3 Å². The molecule has 0 N–H and O–H groups in total. The predicted octanol–water partition coefficient (Wildman–Crippen LogP) is 21.4. The number of fused-ring (bicyclic) bond motifs is 7. The lowest BCUT2D eigenvalue weighted by Crippen LogP contribution is -2.10. The van der Waals surface area contributed by atoms with Gasteiger partial charge < -0.3 is 18.9 Å². The summed E-state index contributed by atoms with van der Waals surface area (Å²) in [6.45, 7) is 0. The molecule has 1 aliphatic carbocycles. The van der Waals surface area contributed by atoms with Gasteiger partial charge in [0.1, 0.15) is 0 Å². The maximum atomic E-state index is 5.39. The monoisotopic (exact) mass is 1100 g/mol. The van der Waals surface area contributed by atoms with Gasteiger partial charge in [-0.25, -0.2) is 9.97 Å². The summed E-state index contributed by atoms with van der Waals surface area (Å²) in [6.07, 6.45) is 7.96. The smallest absolute Gasteiger partial charge is 0.0973 e. The van der Waals surface area contributed by atoms with Gasteiger partial charge in [-0.2, -0.15) is 0 Å². The van der Waals surface area contributed by atoms with Gasteiger partial charge in [-0.15, -0.1) is 0 Å². The Hall–Kier alpha value is -11.3. The minimum atomic E-state index is 0.191. The summed E-state index contributed by atoms with van der Waals surface area (Å²) < 4.78 is 4.91. The van der Waals surface area contributed by atoms with Crippen LogP contribution in [-0.2, 0) is 0 Å². The van der Waals surface area contributed by atoms with E-state index in [0.29, 0.717) is 0 Å². The van der Waals surface area contributed by atoms with E-state index in [1.807, 2.05) is 24.3 Å². The molecular weight excluding hydrogens is 1040 g/mol. The fourth-order valence-corrected chi connectivity index (χ4v) is 12.9. The minimum Gasteiger partial charge on any atom is -0.333 e. The number of para-hydroxylation sites is 6. The zero-order chi connectivity index (χ0) is 56.9. The van der Waals surface area contributed by atoms with Crippen molar-refractivity contribution in [3.63, 3.8) is 0 Å². The van der Waals surface area contributed by atoms with Crippen LogP contribution in [0.25, 0.3) is 99.5 Å². The molecule has 15 aromatic rings. The van der Waals surface area contributed by atoms with Gasteiger partial charge in [-0.3, -0.25) is 0 Å². The summed E-state index contributed by atoms with van der Waals surface area (Å²) in [5, 5.41) is 4.85. The molecule has 0 bridgehead atoms. The van der Waals surface area contributed by atoms with Crippen molar-refractivity contribution in [2.75, 3.05) is 9.80 Å². The van der Waals surface area contributed by atoms with Gasteiger partial charge in [0, 0.05) is 83.5 Å². The first-order valence-electron chi connectivity index (χ1n) is 29.5. The van der Waals surface area contributed by atoms with Gasteiger partial charge in [0.2, 0.25) is 0 Å². The van der Waals surface area contributed by atoms with Crippen LogP contribution in [0.1, 0.15) is 18.0 Å². The zero-order valence-electron chi connectivity index (χ0n) is 47.1. The molecule has 0 radical (unpaired) electrons. The number of nitrogens with zero attached hydrogens (tertiary/aromatic N) is 6. The van der Waals surface area contributed by atoms with Crippen LogP contribution in [0.5, 0.6) is 0 Å². The molecule has 16 rings (SSSR count). The average molecular weight is 1100 g/mol. The van der Waals surface area contributed by atoms with E-state index >= 15 is 0 Å². The number of rotatable bonds is 12. The molecule has 3 aromatic heterocycles. The third-order valence-electron chi connectivity index (χ3n) is 17.0. The second-order valence-electron chi connectivity index (χ2n) is 22.1. The normalized spacial score (nSPS) is 13.2. The summed E-state index contributed by atoms with van der Waals surface area (Å²) in [7, 11) is 0. The fraction of sp³-hybridized carbons (Fsp3) is 0.0250. The summed E-state index contributed by atoms with van der Waals surface area (Å²) in [5.41, 5.74) is 22.5. The molecule has 1 unspecified atom stereocenters. The molecule has 86 heavy (non-hydrogen) atoms. The number of allylic oxidation sites excluding steroid dienone is 4. The fourth-order valence-electron chi connectivity index (χ4n) is 12.9. The van der Waals surface area contributed by atoms with Gasteiger partial charge in [-0.1, -0.05) is 200 Å². The molecule has 6 nitrogen and oxygen atoms in total. The molecule has 1 atom stereocenters. The molecule has 0 aliphatic heterocycles. The number of anilines is 6. The van der Waals surface area contributed by atoms with Gasteiger partial charge in [0.25, 0.3) is 0 Å². The highest BCUT2D eigenvalue weighted by Gasteiger charge is 2.23. The second-order valence-corrected chi connectivity index (χ2v) is 22.1. The largest absolute Gasteiger partial charge is 0.333 e. The second kappa shape index (κ2) is 21.4. The molecule has 406 valence electrons. The van der Waals surface area contributed by atoms with Gasteiger partial charge in [-0.05, 0) is 150 Å². The van der Waals surface area contributed by atoms with Gasteiger partial charge in [0.05, 0.1) is 39.5 Å². The van der Waals surface area contributed by atoms with Crippen LogP contribution < -0.4 is 9.80 Å². The molecule has 6 heteroatoms. The van der Waals surface area contributed by atoms with Crippen molar-refractivity contribution in [3.05, 3.63) is 327 Å². The first-order valence-corrected chi connectivity index (χ1v) is 29.5. The van der Waals surface area contributed by atoms with Crippen LogP contribution in [0.4, 0.5) is 34.1 Å². The van der Waals surface area contributed by atoms with Gasteiger partial charge >= 0.3 is 0 Å². The lowest BCUT2D eigenvalue weighted by molar-refractivity contribution is 0.649. The van der Waals surface area contributed by atoms with Crippen LogP contribution in [0.2, 0.25) is 0 Å². The van der Waals surface area contributed by atoms with Crippen molar-refractivity contribution >= 4 is 94.3 Å². The summed E-state index contributed by atoms with van der Waals surface area (Å²) in [5.74, 6) is 0. The standard InChI is InChI=1S/C80H56N6/c1-5-19-55(20-6-1)57-33-41-65(42-34-57)85-75-31-17-13-27-69(75)71-53-67(49-51-77(71)85)83(61-23-9-3-10-24-61)63-45-37-59(38-46-63)79-80(82-74-30-16-15-29-73(74)81-79)60-39-47-64(48-40-60)84(62-25-11-4-12-26-62)68-50-52-78-72(54-68)70-28-14-18-32-76(70)86(78)66-43-35-58(36-44-66)56-21-7-2-8-22-56/h1-43,45-54,66H,44H2. The number of benzene rings is 12.